The Balaban J connectivity index is 1.98. The van der Waals surface area contributed by atoms with Crippen molar-refractivity contribution in [2.45, 2.75) is 31.3 Å². The predicted octanol–water partition coefficient (Wildman–Crippen LogP) is -0.0909. The number of urea groups is 1. The zero-order valence-electron chi connectivity index (χ0n) is 11.6. The average molecular weight is 289 g/mol. The molecule has 0 bridgehead atoms. The third kappa shape index (κ3) is 4.35. The zero-order chi connectivity index (χ0) is 14.0. The van der Waals surface area contributed by atoms with Crippen molar-refractivity contribution in [3.05, 3.63) is 0 Å². The van der Waals surface area contributed by atoms with Crippen LogP contribution in [0.2, 0.25) is 0 Å². The van der Waals surface area contributed by atoms with Crippen LogP contribution in [-0.4, -0.2) is 75.0 Å². The number of sulfone groups is 1. The lowest BCUT2D eigenvalue weighted by atomic mass is 10.2. The maximum atomic E-state index is 12.2. The summed E-state index contributed by atoms with van der Waals surface area (Å²) in [5.74, 6) is 0.311. The molecule has 110 valence electrons. The summed E-state index contributed by atoms with van der Waals surface area (Å²) in [5.41, 5.74) is 0. The molecule has 6 nitrogen and oxygen atoms in total. The van der Waals surface area contributed by atoms with Gasteiger partial charge in [0.05, 0.1) is 11.5 Å². The Bertz CT molecular complexity index is 432. The van der Waals surface area contributed by atoms with Crippen molar-refractivity contribution in [1.29, 1.82) is 0 Å². The van der Waals surface area contributed by atoms with E-state index in [9.17, 15) is 13.2 Å². The van der Waals surface area contributed by atoms with Gasteiger partial charge >= 0.3 is 6.03 Å². The van der Waals surface area contributed by atoms with Crippen LogP contribution in [0.5, 0.6) is 0 Å². The number of nitrogens with zero attached hydrogens (tertiary/aromatic N) is 2. The van der Waals surface area contributed by atoms with Crippen LogP contribution >= 0.6 is 0 Å². The second-order valence-electron chi connectivity index (χ2n) is 5.78. The standard InChI is InChI=1S/C12H23N3O3S/c1-14(2)6-7-15(12(16)13-10-3-4-10)11-5-8-19(17,18)9-11/h10-11H,3-9H2,1-2H3,(H,13,16). The van der Waals surface area contributed by atoms with Gasteiger partial charge in [-0.1, -0.05) is 0 Å². The fourth-order valence-electron chi connectivity index (χ4n) is 2.26. The van der Waals surface area contributed by atoms with Gasteiger partial charge in [0.15, 0.2) is 9.84 Å². The molecule has 2 amide bonds. The highest BCUT2D eigenvalue weighted by Gasteiger charge is 2.36. The second kappa shape index (κ2) is 5.66. The van der Waals surface area contributed by atoms with E-state index in [-0.39, 0.29) is 23.6 Å². The van der Waals surface area contributed by atoms with Gasteiger partial charge in [0, 0.05) is 25.2 Å². The highest BCUT2D eigenvalue weighted by atomic mass is 32.2. The van der Waals surface area contributed by atoms with Crippen molar-refractivity contribution < 1.29 is 13.2 Å². The molecule has 1 aliphatic carbocycles. The predicted molar refractivity (Wildman–Crippen MR) is 73.9 cm³/mol. The molecular weight excluding hydrogens is 266 g/mol. The summed E-state index contributed by atoms with van der Waals surface area (Å²) in [7, 11) is 0.933. The van der Waals surface area contributed by atoms with Gasteiger partial charge < -0.3 is 15.1 Å². The molecule has 2 aliphatic rings. The highest BCUT2D eigenvalue weighted by Crippen LogP contribution is 2.21. The fourth-order valence-corrected chi connectivity index (χ4v) is 3.99. The maximum Gasteiger partial charge on any atom is 0.317 e. The van der Waals surface area contributed by atoms with Gasteiger partial charge in [-0.15, -0.1) is 0 Å². The molecule has 2 rings (SSSR count). The number of hydrogen-bond donors (Lipinski definition) is 1. The minimum Gasteiger partial charge on any atom is -0.335 e. The first kappa shape index (κ1) is 14.6. The Kier molecular flexibility index (Phi) is 4.35. The summed E-state index contributed by atoms with van der Waals surface area (Å²) in [6, 6.07) is 0.0301. The average Bonchev–Trinajstić information content (AvgIpc) is 3.02. The van der Waals surface area contributed by atoms with E-state index in [1.807, 2.05) is 19.0 Å². The molecule has 1 N–H and O–H groups in total. The first-order valence-electron chi connectivity index (χ1n) is 6.80. The quantitative estimate of drug-likeness (QED) is 0.768. The van der Waals surface area contributed by atoms with E-state index in [0.29, 0.717) is 19.0 Å². The molecule has 0 aromatic carbocycles. The highest BCUT2D eigenvalue weighted by molar-refractivity contribution is 7.91. The molecule has 7 heteroatoms. The molecule has 1 aliphatic heterocycles. The Hall–Kier alpha value is -0.820. The number of rotatable bonds is 5. The Morgan fingerprint density at radius 3 is 2.37 bits per heavy atom. The van der Waals surface area contributed by atoms with Crippen LogP contribution in [0.25, 0.3) is 0 Å². The van der Waals surface area contributed by atoms with Gasteiger partial charge in [0.1, 0.15) is 0 Å². The lowest BCUT2D eigenvalue weighted by molar-refractivity contribution is 0.172. The zero-order valence-corrected chi connectivity index (χ0v) is 12.4. The molecule has 0 aromatic rings. The molecule has 0 radical (unpaired) electrons. The van der Waals surface area contributed by atoms with Crippen LogP contribution in [0.15, 0.2) is 0 Å². The van der Waals surface area contributed by atoms with Gasteiger partial charge in [-0.3, -0.25) is 0 Å². The van der Waals surface area contributed by atoms with E-state index in [0.717, 1.165) is 19.4 Å². The van der Waals surface area contributed by atoms with Gasteiger partial charge in [-0.25, -0.2) is 13.2 Å². The topological polar surface area (TPSA) is 69.7 Å². The molecule has 19 heavy (non-hydrogen) atoms. The SMILES string of the molecule is CN(C)CCN(C(=O)NC1CC1)C1CCS(=O)(=O)C1. The summed E-state index contributed by atoms with van der Waals surface area (Å²) in [5, 5.41) is 2.96. The molecule has 0 spiro atoms. The largest absolute Gasteiger partial charge is 0.335 e. The van der Waals surface area contributed by atoms with Crippen LogP contribution in [0.1, 0.15) is 19.3 Å². The van der Waals surface area contributed by atoms with E-state index >= 15 is 0 Å². The van der Waals surface area contributed by atoms with Crippen molar-refractivity contribution >= 4 is 15.9 Å². The van der Waals surface area contributed by atoms with Crippen molar-refractivity contribution in [3.8, 4) is 0 Å². The van der Waals surface area contributed by atoms with Crippen molar-refractivity contribution in [2.24, 2.45) is 0 Å². The minimum atomic E-state index is -2.96. The lowest BCUT2D eigenvalue weighted by Crippen LogP contribution is -2.49. The van der Waals surface area contributed by atoms with Crippen LogP contribution in [-0.2, 0) is 9.84 Å². The van der Waals surface area contributed by atoms with Gasteiger partial charge in [-0.05, 0) is 33.4 Å². The number of nitrogens with one attached hydrogen (secondary N) is 1. The van der Waals surface area contributed by atoms with Crippen LogP contribution < -0.4 is 5.32 Å². The fraction of sp³-hybridized carbons (Fsp3) is 0.917. The summed E-state index contributed by atoms with van der Waals surface area (Å²) in [4.78, 5) is 15.9. The molecule has 1 saturated carbocycles. The molecular formula is C12H23N3O3S. The number of hydrogen-bond acceptors (Lipinski definition) is 4. The van der Waals surface area contributed by atoms with E-state index in [1.165, 1.54) is 0 Å². The minimum absolute atomic E-state index is 0.105. The molecule has 0 aromatic heterocycles. The normalized spacial score (nSPS) is 25.5. The second-order valence-corrected chi connectivity index (χ2v) is 8.01. The molecule has 1 unspecified atom stereocenters. The first-order valence-corrected chi connectivity index (χ1v) is 8.62. The molecule has 2 fully saturated rings. The Labute approximate surface area is 115 Å². The van der Waals surface area contributed by atoms with Gasteiger partial charge in [-0.2, -0.15) is 0 Å². The summed E-state index contributed by atoms with van der Waals surface area (Å²) < 4.78 is 23.1. The lowest BCUT2D eigenvalue weighted by Gasteiger charge is -2.29. The van der Waals surface area contributed by atoms with Crippen LogP contribution in [0, 0.1) is 0 Å². The van der Waals surface area contributed by atoms with E-state index in [2.05, 4.69) is 5.32 Å². The van der Waals surface area contributed by atoms with Gasteiger partial charge in [0.25, 0.3) is 0 Å². The first-order chi connectivity index (χ1) is 8.87. The molecule has 1 heterocycles. The third-order valence-electron chi connectivity index (χ3n) is 3.60. The van der Waals surface area contributed by atoms with Crippen LogP contribution in [0.3, 0.4) is 0 Å². The van der Waals surface area contributed by atoms with Crippen molar-refractivity contribution in [3.63, 3.8) is 0 Å². The summed E-state index contributed by atoms with van der Waals surface area (Å²) in [6.45, 7) is 1.32. The van der Waals surface area contributed by atoms with Crippen LogP contribution in [0.4, 0.5) is 4.79 Å². The molecule has 1 saturated heterocycles. The number of carbonyl (C=O) groups excluding carboxylic acids is 1. The number of carbonyl (C=O) groups is 1. The van der Waals surface area contributed by atoms with Gasteiger partial charge in [0.2, 0.25) is 0 Å². The van der Waals surface area contributed by atoms with Crippen molar-refractivity contribution in [2.75, 3.05) is 38.7 Å². The maximum absolute atomic E-state index is 12.2. The van der Waals surface area contributed by atoms with E-state index in [1.54, 1.807) is 4.90 Å². The summed E-state index contributed by atoms with van der Waals surface area (Å²) in [6.07, 6.45) is 2.64. The number of likely N-dealkylation sites (N-methyl/N-ethyl adjacent to an activating group) is 1. The molecule has 1 atom stereocenters. The van der Waals surface area contributed by atoms with E-state index in [4.69, 9.17) is 0 Å². The Morgan fingerprint density at radius 1 is 1.21 bits per heavy atom. The third-order valence-corrected chi connectivity index (χ3v) is 5.35. The number of amides is 2. The summed E-state index contributed by atoms with van der Waals surface area (Å²) >= 11 is 0. The van der Waals surface area contributed by atoms with E-state index < -0.39 is 9.84 Å². The Morgan fingerprint density at radius 2 is 1.89 bits per heavy atom. The van der Waals surface area contributed by atoms with Crippen molar-refractivity contribution in [1.82, 2.24) is 15.1 Å². The smallest absolute Gasteiger partial charge is 0.317 e. The monoisotopic (exact) mass is 289 g/mol.